The molecule has 0 fully saturated rings. The Labute approximate surface area is 214 Å². The van der Waals surface area contributed by atoms with Crippen LogP contribution in [-0.2, 0) is 22.5 Å². The number of ether oxygens (including phenoxy) is 2. The number of anilines is 1. The van der Waals surface area contributed by atoms with E-state index in [2.05, 4.69) is 38.0 Å². The highest BCUT2D eigenvalue weighted by molar-refractivity contribution is 9.10. The first-order valence-corrected chi connectivity index (χ1v) is 13.1. The molecule has 3 aromatic rings. The topological polar surface area (TPSA) is 95.3 Å². The third kappa shape index (κ3) is 6.49. The number of carbonyl (C=O) groups is 2. The van der Waals surface area contributed by atoms with Gasteiger partial charge in [-0.1, -0.05) is 40.7 Å². The van der Waals surface area contributed by atoms with Gasteiger partial charge in [-0.05, 0) is 43.7 Å². The fraction of sp³-hybridized carbons (Fsp3) is 0.304. The van der Waals surface area contributed by atoms with Crippen LogP contribution >= 0.6 is 39.0 Å². The molecule has 1 aromatic carbocycles. The molecule has 0 aliphatic carbocycles. The number of aryl methyl sites for hydroxylation is 1. The highest BCUT2D eigenvalue weighted by Crippen LogP contribution is 2.30. The van der Waals surface area contributed by atoms with Gasteiger partial charge in [0.15, 0.2) is 17.1 Å². The number of hydrogen-bond donors (Lipinski definition) is 1. The number of amides is 1. The van der Waals surface area contributed by atoms with Gasteiger partial charge in [0.05, 0.1) is 18.4 Å². The Morgan fingerprint density at radius 3 is 2.71 bits per heavy atom. The number of nitrogens with one attached hydrogen (secondary N) is 1. The van der Waals surface area contributed by atoms with Crippen molar-refractivity contribution in [1.82, 2.24) is 14.8 Å². The van der Waals surface area contributed by atoms with Crippen molar-refractivity contribution in [2.24, 2.45) is 0 Å². The molecule has 0 aliphatic rings. The van der Waals surface area contributed by atoms with Gasteiger partial charge in [0.1, 0.15) is 10.8 Å². The van der Waals surface area contributed by atoms with E-state index in [-0.39, 0.29) is 17.8 Å². The summed E-state index contributed by atoms with van der Waals surface area (Å²) in [6.07, 6.45) is 2.13. The highest BCUT2D eigenvalue weighted by Gasteiger charge is 2.21. The largest absolute Gasteiger partial charge is 0.483 e. The molecule has 2 aromatic heterocycles. The second-order valence-electron chi connectivity index (χ2n) is 7.09. The molecule has 0 saturated carbocycles. The average molecular weight is 566 g/mol. The number of thiophene rings is 1. The van der Waals surface area contributed by atoms with Crippen LogP contribution in [0.1, 0.15) is 41.0 Å². The van der Waals surface area contributed by atoms with Crippen LogP contribution in [0.15, 0.2) is 52.6 Å². The van der Waals surface area contributed by atoms with Crippen LogP contribution in [0, 0.1) is 0 Å². The van der Waals surface area contributed by atoms with Gasteiger partial charge in [-0.3, -0.25) is 9.36 Å². The molecule has 0 spiro atoms. The second kappa shape index (κ2) is 12.2. The number of hydrogen-bond acceptors (Lipinski definition) is 8. The number of rotatable bonds is 11. The lowest BCUT2D eigenvalue weighted by atomic mass is 10.2. The third-order valence-electron chi connectivity index (χ3n) is 4.67. The average Bonchev–Trinajstić information content (AvgIpc) is 3.43. The number of benzene rings is 1. The van der Waals surface area contributed by atoms with Crippen LogP contribution in [0.3, 0.4) is 0 Å². The van der Waals surface area contributed by atoms with Gasteiger partial charge >= 0.3 is 5.97 Å². The molecular formula is C23H25BrN4O4S2. The van der Waals surface area contributed by atoms with E-state index < -0.39 is 5.97 Å². The van der Waals surface area contributed by atoms with Crippen LogP contribution in [-0.4, -0.2) is 39.5 Å². The standard InChI is InChI=1S/C23H25BrN4O4S2/c1-5-11-28-20(14(3)32-16-9-7-15(24)8-10-16)26-27-23(28)33-13-19(29)25-21-18(22(30)31-4)12-17(6-2)34-21/h5,7-10,12,14H,1,6,11,13H2,2-4H3,(H,25,29). The number of aromatic nitrogens is 3. The van der Waals surface area contributed by atoms with Crippen molar-refractivity contribution in [2.75, 3.05) is 18.2 Å². The highest BCUT2D eigenvalue weighted by atomic mass is 79.9. The van der Waals surface area contributed by atoms with E-state index in [1.165, 1.54) is 30.2 Å². The predicted molar refractivity (Wildman–Crippen MR) is 138 cm³/mol. The molecule has 0 aliphatic heterocycles. The van der Waals surface area contributed by atoms with Gasteiger partial charge in [-0.15, -0.1) is 28.1 Å². The van der Waals surface area contributed by atoms with Crippen LogP contribution < -0.4 is 10.1 Å². The summed E-state index contributed by atoms with van der Waals surface area (Å²) in [5.74, 6) is 0.699. The Kier molecular flexibility index (Phi) is 9.31. The van der Waals surface area contributed by atoms with Crippen molar-refractivity contribution in [3.8, 4) is 5.75 Å². The zero-order chi connectivity index (χ0) is 24.7. The van der Waals surface area contributed by atoms with Crippen LogP contribution in [0.4, 0.5) is 5.00 Å². The van der Waals surface area contributed by atoms with Crippen molar-refractivity contribution in [1.29, 1.82) is 0 Å². The summed E-state index contributed by atoms with van der Waals surface area (Å²) in [6.45, 7) is 8.16. The molecule has 11 heteroatoms. The smallest absolute Gasteiger partial charge is 0.340 e. The molecule has 0 radical (unpaired) electrons. The minimum absolute atomic E-state index is 0.0944. The van der Waals surface area contributed by atoms with Crippen LogP contribution in [0.2, 0.25) is 0 Å². The molecule has 0 bridgehead atoms. The van der Waals surface area contributed by atoms with E-state index >= 15 is 0 Å². The van der Waals surface area contributed by atoms with Gasteiger partial charge in [0, 0.05) is 15.9 Å². The summed E-state index contributed by atoms with van der Waals surface area (Å²) >= 11 is 6.03. The lowest BCUT2D eigenvalue weighted by molar-refractivity contribution is -0.113. The molecule has 1 atom stereocenters. The molecule has 1 N–H and O–H groups in total. The van der Waals surface area contributed by atoms with E-state index in [4.69, 9.17) is 9.47 Å². The van der Waals surface area contributed by atoms with Gasteiger partial charge in [-0.2, -0.15) is 0 Å². The minimum Gasteiger partial charge on any atom is -0.483 e. The molecule has 180 valence electrons. The Hall–Kier alpha value is -2.63. The first-order chi connectivity index (χ1) is 16.4. The number of carbonyl (C=O) groups excluding carboxylic acids is 2. The van der Waals surface area contributed by atoms with Gasteiger partial charge < -0.3 is 14.8 Å². The van der Waals surface area contributed by atoms with E-state index in [0.717, 1.165) is 15.8 Å². The third-order valence-corrected chi connectivity index (χ3v) is 7.36. The second-order valence-corrected chi connectivity index (χ2v) is 10.1. The number of halogens is 1. The Bertz CT molecular complexity index is 1160. The lowest BCUT2D eigenvalue weighted by Crippen LogP contribution is -2.16. The Morgan fingerprint density at radius 1 is 1.32 bits per heavy atom. The maximum Gasteiger partial charge on any atom is 0.340 e. The minimum atomic E-state index is -0.478. The van der Waals surface area contributed by atoms with E-state index in [0.29, 0.717) is 33.8 Å². The zero-order valence-electron chi connectivity index (χ0n) is 19.0. The van der Waals surface area contributed by atoms with Crippen molar-refractivity contribution in [3.63, 3.8) is 0 Å². The monoisotopic (exact) mass is 564 g/mol. The van der Waals surface area contributed by atoms with Crippen molar-refractivity contribution in [2.45, 2.75) is 38.1 Å². The molecule has 2 heterocycles. The first kappa shape index (κ1) is 26.0. The summed E-state index contributed by atoms with van der Waals surface area (Å²) in [5.41, 5.74) is 0.360. The molecular weight excluding hydrogens is 540 g/mol. The molecule has 0 saturated heterocycles. The van der Waals surface area contributed by atoms with Gasteiger partial charge in [-0.25, -0.2) is 4.79 Å². The summed E-state index contributed by atoms with van der Waals surface area (Å²) in [7, 11) is 1.32. The zero-order valence-corrected chi connectivity index (χ0v) is 22.3. The van der Waals surface area contributed by atoms with E-state index in [1.807, 2.05) is 42.7 Å². The van der Waals surface area contributed by atoms with Crippen molar-refractivity contribution >= 4 is 55.9 Å². The van der Waals surface area contributed by atoms with E-state index in [9.17, 15) is 9.59 Å². The maximum atomic E-state index is 12.6. The van der Waals surface area contributed by atoms with Gasteiger partial charge in [0.2, 0.25) is 5.91 Å². The summed E-state index contributed by atoms with van der Waals surface area (Å²) < 4.78 is 13.7. The fourth-order valence-corrected chi connectivity index (χ4v) is 5.06. The van der Waals surface area contributed by atoms with E-state index in [1.54, 1.807) is 12.1 Å². The normalized spacial score (nSPS) is 11.6. The summed E-state index contributed by atoms with van der Waals surface area (Å²) in [6, 6.07) is 9.29. The molecule has 1 amide bonds. The number of nitrogens with zero attached hydrogens (tertiary/aromatic N) is 3. The predicted octanol–water partition coefficient (Wildman–Crippen LogP) is 5.51. The molecule has 34 heavy (non-hydrogen) atoms. The van der Waals surface area contributed by atoms with Gasteiger partial charge in [0.25, 0.3) is 0 Å². The molecule has 8 nitrogen and oxygen atoms in total. The lowest BCUT2D eigenvalue weighted by Gasteiger charge is -2.15. The SMILES string of the molecule is C=CCn1c(SCC(=O)Nc2sc(CC)cc2C(=O)OC)nnc1C(C)Oc1ccc(Br)cc1. The number of esters is 1. The van der Waals surface area contributed by atoms with Crippen molar-refractivity contribution in [3.05, 3.63) is 63.7 Å². The fourth-order valence-electron chi connectivity index (χ4n) is 3.04. The molecule has 1 unspecified atom stereocenters. The maximum absolute atomic E-state index is 12.6. The number of methoxy groups -OCH3 is 1. The van der Waals surface area contributed by atoms with Crippen LogP contribution in [0.25, 0.3) is 0 Å². The Morgan fingerprint density at radius 2 is 2.06 bits per heavy atom. The van der Waals surface area contributed by atoms with Crippen LogP contribution in [0.5, 0.6) is 5.75 Å². The number of allylic oxidation sites excluding steroid dienone is 1. The quantitative estimate of drug-likeness (QED) is 0.186. The number of thioether (sulfide) groups is 1. The first-order valence-electron chi connectivity index (χ1n) is 10.5. The molecule has 3 rings (SSSR count). The summed E-state index contributed by atoms with van der Waals surface area (Å²) in [5, 5.41) is 12.4. The Balaban J connectivity index is 1.69. The summed E-state index contributed by atoms with van der Waals surface area (Å²) in [4.78, 5) is 25.7. The van der Waals surface area contributed by atoms with Crippen molar-refractivity contribution < 1.29 is 19.1 Å².